The summed E-state index contributed by atoms with van der Waals surface area (Å²) in [7, 11) is 1.59. The fourth-order valence-corrected chi connectivity index (χ4v) is 1.36. The van der Waals surface area contributed by atoms with Gasteiger partial charge < -0.3 is 4.74 Å². The number of aromatic nitrogens is 2. The topological polar surface area (TPSA) is 35.0 Å². The molecule has 0 N–H and O–H groups in total. The monoisotopic (exact) mass is 199 g/mol. The molecule has 1 radical (unpaired) electrons. The lowest BCUT2D eigenvalue weighted by molar-refractivity contribution is 0.399. The number of hydrogen-bond acceptors (Lipinski definition) is 3. The van der Waals surface area contributed by atoms with Crippen molar-refractivity contribution in [3.8, 4) is 17.1 Å². The molecule has 0 unspecified atom stereocenters. The molecule has 0 atom stereocenters. The maximum atomic E-state index is 5.16. The first kappa shape index (κ1) is 9.65. The molecule has 2 aromatic rings. The molecule has 0 aliphatic heterocycles. The lowest BCUT2D eigenvalue weighted by atomic mass is 10.1. The van der Waals surface area contributed by atoms with Crippen LogP contribution in [0.3, 0.4) is 0 Å². The van der Waals surface area contributed by atoms with E-state index in [1.807, 2.05) is 19.1 Å². The Labute approximate surface area is 88.8 Å². The number of pyridine rings is 2. The largest absolute Gasteiger partial charge is 0.480 e. The minimum absolute atomic E-state index is 0.551. The highest BCUT2D eigenvalue weighted by molar-refractivity contribution is 5.64. The summed E-state index contributed by atoms with van der Waals surface area (Å²) in [6.45, 7) is 2.02. The second-order valence-electron chi connectivity index (χ2n) is 3.19. The molecule has 0 bridgehead atoms. The molecule has 0 aliphatic rings. The minimum Gasteiger partial charge on any atom is -0.480 e. The van der Waals surface area contributed by atoms with Gasteiger partial charge in [-0.25, -0.2) is 4.98 Å². The number of hydrogen-bond donors (Lipinski definition) is 0. The molecule has 0 saturated carbocycles. The molecule has 0 amide bonds. The van der Waals surface area contributed by atoms with Gasteiger partial charge in [0.2, 0.25) is 5.88 Å². The van der Waals surface area contributed by atoms with Crippen molar-refractivity contribution < 1.29 is 4.74 Å². The first-order valence-electron chi connectivity index (χ1n) is 4.65. The van der Waals surface area contributed by atoms with Crippen molar-refractivity contribution >= 4 is 0 Å². The van der Waals surface area contributed by atoms with Gasteiger partial charge in [-0.3, -0.25) is 4.98 Å². The Kier molecular flexibility index (Phi) is 2.63. The second-order valence-corrected chi connectivity index (χ2v) is 3.19. The van der Waals surface area contributed by atoms with E-state index in [1.54, 1.807) is 25.6 Å². The van der Waals surface area contributed by atoms with Crippen LogP contribution in [0.4, 0.5) is 0 Å². The molecule has 15 heavy (non-hydrogen) atoms. The zero-order valence-corrected chi connectivity index (χ0v) is 8.69. The third-order valence-corrected chi connectivity index (χ3v) is 2.07. The van der Waals surface area contributed by atoms with Gasteiger partial charge in [0, 0.05) is 12.4 Å². The van der Waals surface area contributed by atoms with E-state index in [2.05, 4.69) is 16.0 Å². The van der Waals surface area contributed by atoms with Gasteiger partial charge in [-0.1, -0.05) is 0 Å². The molecule has 0 aromatic carbocycles. The molecular formula is C12H11N2O. The highest BCUT2D eigenvalue weighted by atomic mass is 16.5. The van der Waals surface area contributed by atoms with E-state index in [0.717, 1.165) is 16.8 Å². The van der Waals surface area contributed by atoms with Crippen LogP contribution in [0.5, 0.6) is 5.88 Å². The number of methoxy groups -OCH3 is 1. The fourth-order valence-electron chi connectivity index (χ4n) is 1.36. The van der Waals surface area contributed by atoms with E-state index in [-0.39, 0.29) is 0 Å². The van der Waals surface area contributed by atoms with Crippen LogP contribution in [-0.2, 0) is 0 Å². The summed E-state index contributed by atoms with van der Waals surface area (Å²) in [5.41, 5.74) is 2.78. The molecule has 2 heterocycles. The SMILES string of the molecule is COc1ncc[c]c1-c1cc(C)ccn1. The average Bonchev–Trinajstić information content (AvgIpc) is 2.29. The van der Waals surface area contributed by atoms with E-state index in [1.165, 1.54) is 0 Å². The predicted molar refractivity (Wildman–Crippen MR) is 57.6 cm³/mol. The molecular weight excluding hydrogens is 188 g/mol. The summed E-state index contributed by atoms with van der Waals surface area (Å²) in [6.07, 6.45) is 3.42. The van der Waals surface area contributed by atoms with Crippen LogP contribution in [-0.4, -0.2) is 17.1 Å². The third-order valence-electron chi connectivity index (χ3n) is 2.07. The number of rotatable bonds is 2. The first-order valence-corrected chi connectivity index (χ1v) is 4.65. The van der Waals surface area contributed by atoms with E-state index in [0.29, 0.717) is 5.88 Å². The number of ether oxygens (including phenoxy) is 1. The smallest absolute Gasteiger partial charge is 0.223 e. The highest BCUT2D eigenvalue weighted by Crippen LogP contribution is 2.25. The number of nitrogens with zero attached hydrogens (tertiary/aromatic N) is 2. The maximum Gasteiger partial charge on any atom is 0.223 e. The van der Waals surface area contributed by atoms with Crippen LogP contribution in [0.25, 0.3) is 11.3 Å². The highest BCUT2D eigenvalue weighted by Gasteiger charge is 2.07. The van der Waals surface area contributed by atoms with Crippen molar-refractivity contribution in [2.45, 2.75) is 6.92 Å². The van der Waals surface area contributed by atoms with Gasteiger partial charge in [0.15, 0.2) is 0 Å². The minimum atomic E-state index is 0.551. The van der Waals surface area contributed by atoms with Crippen molar-refractivity contribution in [3.05, 3.63) is 42.2 Å². The molecule has 75 valence electrons. The van der Waals surface area contributed by atoms with Crippen LogP contribution >= 0.6 is 0 Å². The Morgan fingerprint density at radius 1 is 1.27 bits per heavy atom. The maximum absolute atomic E-state index is 5.16. The molecule has 0 spiro atoms. The lowest BCUT2D eigenvalue weighted by Gasteiger charge is -2.05. The van der Waals surface area contributed by atoms with Crippen molar-refractivity contribution in [1.29, 1.82) is 0 Å². The summed E-state index contributed by atoms with van der Waals surface area (Å²) in [6, 6.07) is 8.77. The quantitative estimate of drug-likeness (QED) is 0.744. The fraction of sp³-hybridized carbons (Fsp3) is 0.167. The predicted octanol–water partition coefficient (Wildman–Crippen LogP) is 2.26. The Hall–Kier alpha value is -1.90. The van der Waals surface area contributed by atoms with Gasteiger partial charge in [0.05, 0.1) is 18.4 Å². The van der Waals surface area contributed by atoms with Gasteiger partial charge in [-0.05, 0) is 36.8 Å². The van der Waals surface area contributed by atoms with E-state index >= 15 is 0 Å². The Balaban J connectivity index is 2.53. The van der Waals surface area contributed by atoms with Crippen molar-refractivity contribution in [3.63, 3.8) is 0 Å². The van der Waals surface area contributed by atoms with Gasteiger partial charge in [0.25, 0.3) is 0 Å². The van der Waals surface area contributed by atoms with E-state index in [9.17, 15) is 0 Å². The summed E-state index contributed by atoms with van der Waals surface area (Å²) in [5.74, 6) is 0.551. The van der Waals surface area contributed by atoms with Crippen LogP contribution < -0.4 is 4.74 Å². The standard InChI is InChI=1S/C12H11N2O/c1-9-5-7-13-11(8-9)10-4-3-6-14-12(10)15-2/h3,5-8H,1-2H3. The first-order chi connectivity index (χ1) is 7.31. The molecule has 3 nitrogen and oxygen atoms in total. The molecule has 0 aliphatic carbocycles. The van der Waals surface area contributed by atoms with Gasteiger partial charge >= 0.3 is 0 Å². The Morgan fingerprint density at radius 2 is 2.13 bits per heavy atom. The van der Waals surface area contributed by atoms with E-state index < -0.39 is 0 Å². The molecule has 3 heteroatoms. The van der Waals surface area contributed by atoms with Gasteiger partial charge in [-0.15, -0.1) is 0 Å². The summed E-state index contributed by atoms with van der Waals surface area (Å²) in [5, 5.41) is 0. The molecule has 2 aromatic heterocycles. The second kappa shape index (κ2) is 4.09. The third kappa shape index (κ3) is 1.96. The van der Waals surface area contributed by atoms with E-state index in [4.69, 9.17) is 4.74 Å². The zero-order chi connectivity index (χ0) is 10.7. The van der Waals surface area contributed by atoms with Gasteiger partial charge in [0.1, 0.15) is 0 Å². The average molecular weight is 199 g/mol. The molecule has 2 rings (SSSR count). The number of aryl methyl sites for hydroxylation is 1. The van der Waals surface area contributed by atoms with Crippen LogP contribution in [0.1, 0.15) is 5.56 Å². The van der Waals surface area contributed by atoms with Crippen molar-refractivity contribution in [2.75, 3.05) is 7.11 Å². The lowest BCUT2D eigenvalue weighted by Crippen LogP contribution is -1.92. The molecule has 0 fully saturated rings. The Bertz CT molecular complexity index is 469. The van der Waals surface area contributed by atoms with Crippen LogP contribution in [0, 0.1) is 13.0 Å². The summed E-state index contributed by atoms with van der Waals surface area (Å²) < 4.78 is 5.16. The Morgan fingerprint density at radius 3 is 2.87 bits per heavy atom. The van der Waals surface area contributed by atoms with Crippen LogP contribution in [0.15, 0.2) is 30.6 Å². The normalized spacial score (nSPS) is 10.0. The van der Waals surface area contributed by atoms with Crippen molar-refractivity contribution in [2.24, 2.45) is 0 Å². The zero-order valence-electron chi connectivity index (χ0n) is 8.69. The van der Waals surface area contributed by atoms with Crippen LogP contribution in [0.2, 0.25) is 0 Å². The molecule has 0 saturated heterocycles. The van der Waals surface area contributed by atoms with Crippen molar-refractivity contribution in [1.82, 2.24) is 9.97 Å². The summed E-state index contributed by atoms with van der Waals surface area (Å²) >= 11 is 0. The summed E-state index contributed by atoms with van der Waals surface area (Å²) in [4.78, 5) is 8.38. The van der Waals surface area contributed by atoms with Gasteiger partial charge in [-0.2, -0.15) is 0 Å².